The maximum atomic E-state index is 12.7. The largest absolute Gasteiger partial charge is 0.416 e. The molecule has 3 N–H and O–H groups in total. The van der Waals surface area contributed by atoms with E-state index in [1.165, 1.54) is 12.1 Å². The van der Waals surface area contributed by atoms with Gasteiger partial charge in [0.25, 0.3) is 0 Å². The number of carbonyl (C=O) groups is 1. The lowest BCUT2D eigenvalue weighted by molar-refractivity contribution is -0.201. The second kappa shape index (κ2) is 5.67. The summed E-state index contributed by atoms with van der Waals surface area (Å²) in [6, 6.07) is 3.87. The zero-order valence-corrected chi connectivity index (χ0v) is 8.96. The van der Waals surface area contributed by atoms with E-state index >= 15 is 0 Å². The standard InChI is InChI=1S/C10H10F4N2O2/c11-6-2-1-3-7(4-6)16-9(18)15-5-8(17)10(12,13)14/h1-4,8,17H,5H2,(H2,15,16,18). The summed E-state index contributed by atoms with van der Waals surface area (Å²) >= 11 is 0. The van der Waals surface area contributed by atoms with Gasteiger partial charge >= 0.3 is 12.2 Å². The van der Waals surface area contributed by atoms with E-state index in [-0.39, 0.29) is 5.69 Å². The summed E-state index contributed by atoms with van der Waals surface area (Å²) in [4.78, 5) is 11.1. The van der Waals surface area contributed by atoms with Gasteiger partial charge in [0.1, 0.15) is 5.82 Å². The van der Waals surface area contributed by atoms with Gasteiger partial charge in [-0.2, -0.15) is 13.2 Å². The number of rotatable bonds is 3. The Balaban J connectivity index is 2.43. The Morgan fingerprint density at radius 1 is 1.39 bits per heavy atom. The van der Waals surface area contributed by atoms with Crippen LogP contribution in [0.2, 0.25) is 0 Å². The fraction of sp³-hybridized carbons (Fsp3) is 0.300. The van der Waals surface area contributed by atoms with Gasteiger partial charge in [0.05, 0.1) is 6.54 Å². The van der Waals surface area contributed by atoms with Gasteiger partial charge in [-0.3, -0.25) is 0 Å². The van der Waals surface area contributed by atoms with Gasteiger partial charge in [-0.25, -0.2) is 9.18 Å². The molecule has 0 radical (unpaired) electrons. The van der Waals surface area contributed by atoms with E-state index in [4.69, 9.17) is 5.11 Å². The average Bonchev–Trinajstić information content (AvgIpc) is 2.24. The van der Waals surface area contributed by atoms with E-state index in [0.29, 0.717) is 0 Å². The molecule has 0 spiro atoms. The molecule has 18 heavy (non-hydrogen) atoms. The molecule has 0 fully saturated rings. The quantitative estimate of drug-likeness (QED) is 0.731. The van der Waals surface area contributed by atoms with Crippen molar-refractivity contribution in [2.45, 2.75) is 12.3 Å². The molecule has 1 aromatic rings. The highest BCUT2D eigenvalue weighted by Crippen LogP contribution is 2.19. The van der Waals surface area contributed by atoms with Gasteiger partial charge in [0.2, 0.25) is 0 Å². The summed E-state index contributed by atoms with van der Waals surface area (Å²) < 4.78 is 48.5. The van der Waals surface area contributed by atoms with Crippen LogP contribution >= 0.6 is 0 Å². The van der Waals surface area contributed by atoms with Crippen LogP contribution < -0.4 is 10.6 Å². The van der Waals surface area contributed by atoms with Crippen molar-refractivity contribution in [1.82, 2.24) is 5.32 Å². The van der Waals surface area contributed by atoms with Crippen molar-refractivity contribution in [2.24, 2.45) is 0 Å². The molecule has 100 valence electrons. The number of nitrogens with one attached hydrogen (secondary N) is 2. The molecule has 0 aliphatic rings. The molecule has 0 aliphatic heterocycles. The van der Waals surface area contributed by atoms with Crippen LogP contribution in [0.4, 0.5) is 28.0 Å². The third kappa shape index (κ3) is 4.58. The lowest BCUT2D eigenvalue weighted by atomic mass is 10.3. The Morgan fingerprint density at radius 3 is 2.61 bits per heavy atom. The van der Waals surface area contributed by atoms with E-state index in [1.807, 2.05) is 5.32 Å². The van der Waals surface area contributed by atoms with Crippen LogP contribution in [-0.2, 0) is 0 Å². The SMILES string of the molecule is O=C(NCC(O)C(F)(F)F)Nc1cccc(F)c1. The number of anilines is 1. The molecule has 0 aromatic heterocycles. The van der Waals surface area contributed by atoms with Crippen molar-refractivity contribution < 1.29 is 27.5 Å². The number of halogens is 4. The van der Waals surface area contributed by atoms with Crippen LogP contribution in [0.5, 0.6) is 0 Å². The molecule has 0 bridgehead atoms. The first-order valence-corrected chi connectivity index (χ1v) is 4.84. The minimum Gasteiger partial charge on any atom is -0.382 e. The Morgan fingerprint density at radius 2 is 2.06 bits per heavy atom. The van der Waals surface area contributed by atoms with Crippen molar-refractivity contribution in [1.29, 1.82) is 0 Å². The van der Waals surface area contributed by atoms with Crippen LogP contribution in [0.1, 0.15) is 0 Å². The van der Waals surface area contributed by atoms with Crippen LogP contribution in [0.3, 0.4) is 0 Å². The fourth-order valence-corrected chi connectivity index (χ4v) is 1.05. The molecule has 8 heteroatoms. The summed E-state index contributed by atoms with van der Waals surface area (Å²) in [6.07, 6.45) is -7.44. The molecule has 0 heterocycles. The third-order valence-electron chi connectivity index (χ3n) is 1.92. The lowest BCUT2D eigenvalue weighted by Gasteiger charge is -2.15. The Hall–Kier alpha value is -1.83. The topological polar surface area (TPSA) is 61.4 Å². The van der Waals surface area contributed by atoms with Gasteiger partial charge in [0.15, 0.2) is 6.10 Å². The first-order valence-electron chi connectivity index (χ1n) is 4.84. The normalized spacial score (nSPS) is 12.9. The maximum Gasteiger partial charge on any atom is 0.416 e. The van der Waals surface area contributed by atoms with E-state index in [0.717, 1.165) is 12.1 Å². The van der Waals surface area contributed by atoms with Gasteiger partial charge in [0, 0.05) is 5.69 Å². The van der Waals surface area contributed by atoms with Crippen LogP contribution in [0.15, 0.2) is 24.3 Å². The van der Waals surface area contributed by atoms with Gasteiger partial charge in [-0.15, -0.1) is 0 Å². The van der Waals surface area contributed by atoms with E-state index in [9.17, 15) is 22.4 Å². The number of aliphatic hydroxyl groups excluding tert-OH is 1. The first-order chi connectivity index (χ1) is 8.29. The van der Waals surface area contributed by atoms with Crippen LogP contribution in [-0.4, -0.2) is 30.0 Å². The number of amides is 2. The highest BCUT2D eigenvalue weighted by atomic mass is 19.4. The second-order valence-corrected chi connectivity index (χ2v) is 3.40. The summed E-state index contributed by atoms with van der Waals surface area (Å²) in [5, 5.41) is 12.6. The highest BCUT2D eigenvalue weighted by molar-refractivity contribution is 5.89. The number of hydrogen-bond donors (Lipinski definition) is 3. The van der Waals surface area contributed by atoms with Crippen molar-refractivity contribution in [2.75, 3.05) is 11.9 Å². The summed E-state index contributed by atoms with van der Waals surface area (Å²) in [7, 11) is 0. The number of aliphatic hydroxyl groups is 1. The van der Waals surface area contributed by atoms with Crippen molar-refractivity contribution in [3.8, 4) is 0 Å². The summed E-state index contributed by atoms with van der Waals surface area (Å²) in [6.45, 7) is -0.981. The number of hydrogen-bond acceptors (Lipinski definition) is 2. The lowest BCUT2D eigenvalue weighted by Crippen LogP contribution is -2.42. The van der Waals surface area contributed by atoms with Gasteiger partial charge < -0.3 is 15.7 Å². The molecular formula is C10H10F4N2O2. The van der Waals surface area contributed by atoms with E-state index < -0.39 is 30.7 Å². The minimum absolute atomic E-state index is 0.0917. The van der Waals surface area contributed by atoms with E-state index in [2.05, 4.69) is 5.32 Å². The molecule has 0 saturated carbocycles. The Labute approximate surface area is 99.6 Å². The molecule has 0 saturated heterocycles. The summed E-state index contributed by atoms with van der Waals surface area (Å²) in [5.74, 6) is -0.594. The highest BCUT2D eigenvalue weighted by Gasteiger charge is 2.38. The van der Waals surface area contributed by atoms with Crippen LogP contribution in [0.25, 0.3) is 0 Å². The molecule has 0 aliphatic carbocycles. The fourth-order valence-electron chi connectivity index (χ4n) is 1.05. The second-order valence-electron chi connectivity index (χ2n) is 3.40. The number of alkyl halides is 3. The predicted octanol–water partition coefficient (Wildman–Crippen LogP) is 1.87. The monoisotopic (exact) mass is 266 g/mol. The number of urea groups is 1. The van der Waals surface area contributed by atoms with E-state index in [1.54, 1.807) is 0 Å². The first kappa shape index (κ1) is 14.2. The molecule has 2 amide bonds. The third-order valence-corrected chi connectivity index (χ3v) is 1.92. The van der Waals surface area contributed by atoms with Gasteiger partial charge in [-0.1, -0.05) is 6.07 Å². The smallest absolute Gasteiger partial charge is 0.382 e. The van der Waals surface area contributed by atoms with Crippen LogP contribution in [0, 0.1) is 5.82 Å². The Kier molecular flexibility index (Phi) is 4.49. The molecule has 1 rings (SSSR count). The molecule has 1 aromatic carbocycles. The average molecular weight is 266 g/mol. The van der Waals surface area contributed by atoms with Crippen molar-refractivity contribution in [3.05, 3.63) is 30.1 Å². The maximum absolute atomic E-state index is 12.7. The molecule has 4 nitrogen and oxygen atoms in total. The minimum atomic E-state index is -4.80. The predicted molar refractivity (Wildman–Crippen MR) is 55.5 cm³/mol. The number of benzene rings is 1. The number of carbonyl (C=O) groups excluding carboxylic acids is 1. The van der Waals surface area contributed by atoms with Crippen molar-refractivity contribution >= 4 is 11.7 Å². The zero-order valence-electron chi connectivity index (χ0n) is 8.96. The molecule has 1 unspecified atom stereocenters. The zero-order chi connectivity index (χ0) is 13.8. The molecule has 1 atom stereocenters. The summed E-state index contributed by atoms with van der Waals surface area (Å²) in [5.41, 5.74) is 0.0917. The Bertz CT molecular complexity index is 423. The van der Waals surface area contributed by atoms with Gasteiger partial charge in [-0.05, 0) is 18.2 Å². The molecular weight excluding hydrogens is 256 g/mol. The van der Waals surface area contributed by atoms with Crippen molar-refractivity contribution in [3.63, 3.8) is 0 Å².